The number of hydrogen-bond donors (Lipinski definition) is 0. The molecule has 2 aliphatic rings. The molecule has 5 heteroatoms. The van der Waals surface area contributed by atoms with E-state index in [0.29, 0.717) is 5.25 Å². The van der Waals surface area contributed by atoms with Gasteiger partial charge in [0, 0.05) is 41.7 Å². The Balaban J connectivity index is 0.000000180. The van der Waals surface area contributed by atoms with Crippen molar-refractivity contribution in [1.82, 2.24) is 4.31 Å². The van der Waals surface area contributed by atoms with Crippen LogP contribution in [0.1, 0.15) is 51.4 Å². The first-order valence-electron chi connectivity index (χ1n) is 7.02. The third-order valence-corrected chi connectivity index (χ3v) is 6.20. The van der Waals surface area contributed by atoms with E-state index in [4.69, 9.17) is 0 Å². The van der Waals surface area contributed by atoms with Gasteiger partial charge in [-0.15, -0.1) is 0 Å². The summed E-state index contributed by atoms with van der Waals surface area (Å²) >= 11 is 0. The van der Waals surface area contributed by atoms with Gasteiger partial charge in [-0.25, -0.2) is 8.51 Å². The molecule has 0 N–H and O–H groups in total. The lowest BCUT2D eigenvalue weighted by atomic mass is 10.0. The quantitative estimate of drug-likeness (QED) is 0.784. The number of rotatable bonds is 2. The monoisotopic (exact) mass is 293 g/mol. The van der Waals surface area contributed by atoms with Crippen molar-refractivity contribution in [3.05, 3.63) is 0 Å². The molecule has 0 amide bonds. The Kier molecular flexibility index (Phi) is 8.35. The molecule has 0 spiro atoms. The molecule has 0 aromatic rings. The fourth-order valence-electron chi connectivity index (χ4n) is 2.52. The smallest absolute Gasteiger partial charge is 0.0910 e. The second-order valence-corrected chi connectivity index (χ2v) is 8.20. The largest absolute Gasteiger partial charge is 0.260 e. The van der Waals surface area contributed by atoms with Crippen LogP contribution in [0.15, 0.2) is 0 Å². The van der Waals surface area contributed by atoms with Crippen LogP contribution in [0.2, 0.25) is 0 Å². The molecular formula is C13H27NO2S2. The van der Waals surface area contributed by atoms with Crippen LogP contribution < -0.4 is 0 Å². The average Bonchev–Trinajstić information content (AvgIpc) is 2.41. The first-order chi connectivity index (χ1) is 8.61. The molecule has 1 aliphatic carbocycles. The minimum atomic E-state index is -0.719. The van der Waals surface area contributed by atoms with Gasteiger partial charge in [0.25, 0.3) is 0 Å². The minimum absolute atomic E-state index is 0.527. The van der Waals surface area contributed by atoms with Crippen LogP contribution in [0.5, 0.6) is 0 Å². The van der Waals surface area contributed by atoms with E-state index in [0.717, 1.165) is 13.1 Å². The van der Waals surface area contributed by atoms with Crippen molar-refractivity contribution in [2.75, 3.05) is 25.6 Å². The summed E-state index contributed by atoms with van der Waals surface area (Å²) in [4.78, 5) is 0. The second-order valence-electron chi connectivity index (χ2n) is 5.17. The molecule has 108 valence electrons. The maximum absolute atomic E-state index is 10.9. The van der Waals surface area contributed by atoms with Crippen LogP contribution in [-0.4, -0.2) is 43.6 Å². The summed E-state index contributed by atoms with van der Waals surface area (Å²) < 4.78 is 23.8. The van der Waals surface area contributed by atoms with Gasteiger partial charge < -0.3 is 0 Å². The Morgan fingerprint density at radius 1 is 0.833 bits per heavy atom. The lowest BCUT2D eigenvalue weighted by Gasteiger charge is -2.22. The molecule has 1 aliphatic heterocycles. The van der Waals surface area contributed by atoms with Crippen molar-refractivity contribution in [2.24, 2.45) is 0 Å². The van der Waals surface area contributed by atoms with E-state index < -0.39 is 21.8 Å². The standard InChI is InChI=1S/C7H14OS.C6H13NOS/c2*1-9(8)7-5-3-2-4-6-7/h7H,2-6H2,1H3;2-6H2,1H3. The summed E-state index contributed by atoms with van der Waals surface area (Å²) in [6.45, 7) is 2.06. The second kappa shape index (κ2) is 9.21. The zero-order valence-electron chi connectivity index (χ0n) is 11.7. The molecule has 0 bridgehead atoms. The van der Waals surface area contributed by atoms with Gasteiger partial charge in [0.2, 0.25) is 0 Å². The molecular weight excluding hydrogens is 266 g/mol. The van der Waals surface area contributed by atoms with Crippen molar-refractivity contribution in [3.8, 4) is 0 Å². The predicted molar refractivity (Wildman–Crippen MR) is 80.4 cm³/mol. The third kappa shape index (κ3) is 6.43. The third-order valence-electron chi connectivity index (χ3n) is 3.70. The van der Waals surface area contributed by atoms with E-state index in [2.05, 4.69) is 0 Å². The van der Waals surface area contributed by atoms with Crippen LogP contribution in [0.3, 0.4) is 0 Å². The van der Waals surface area contributed by atoms with Crippen molar-refractivity contribution < 1.29 is 8.42 Å². The SMILES string of the molecule is CS(=O)C1CCCCC1.CS(=O)N1CCCCC1. The van der Waals surface area contributed by atoms with Crippen molar-refractivity contribution in [3.63, 3.8) is 0 Å². The average molecular weight is 293 g/mol. The highest BCUT2D eigenvalue weighted by Crippen LogP contribution is 2.20. The molecule has 2 fully saturated rings. The maximum atomic E-state index is 10.9. The number of hydrogen-bond acceptors (Lipinski definition) is 2. The van der Waals surface area contributed by atoms with Crippen molar-refractivity contribution >= 4 is 21.8 Å². The Morgan fingerprint density at radius 3 is 1.67 bits per heavy atom. The van der Waals surface area contributed by atoms with Crippen LogP contribution in [0.25, 0.3) is 0 Å². The van der Waals surface area contributed by atoms with E-state index >= 15 is 0 Å². The number of nitrogens with zero attached hydrogens (tertiary/aromatic N) is 1. The minimum Gasteiger partial charge on any atom is -0.260 e. The number of piperidine rings is 1. The Bertz CT molecular complexity index is 244. The van der Waals surface area contributed by atoms with Crippen LogP contribution in [0.4, 0.5) is 0 Å². The van der Waals surface area contributed by atoms with Gasteiger partial charge in [0.05, 0.1) is 11.0 Å². The molecule has 1 heterocycles. The lowest BCUT2D eigenvalue weighted by molar-refractivity contribution is 0.367. The van der Waals surface area contributed by atoms with Gasteiger partial charge in [-0.3, -0.25) is 4.21 Å². The van der Waals surface area contributed by atoms with E-state index in [-0.39, 0.29) is 0 Å². The van der Waals surface area contributed by atoms with Crippen molar-refractivity contribution in [1.29, 1.82) is 0 Å². The molecule has 1 saturated carbocycles. The highest BCUT2D eigenvalue weighted by molar-refractivity contribution is 7.84. The summed E-state index contributed by atoms with van der Waals surface area (Å²) in [5, 5.41) is 0.527. The van der Waals surface area contributed by atoms with E-state index in [1.807, 2.05) is 10.6 Å². The van der Waals surface area contributed by atoms with Gasteiger partial charge in [-0.2, -0.15) is 0 Å². The van der Waals surface area contributed by atoms with Gasteiger partial charge in [-0.05, 0) is 25.7 Å². The van der Waals surface area contributed by atoms with Gasteiger partial charge in [0.1, 0.15) is 0 Å². The lowest BCUT2D eigenvalue weighted by Crippen LogP contribution is -2.30. The molecule has 2 atom stereocenters. The van der Waals surface area contributed by atoms with E-state index in [1.165, 1.54) is 51.4 Å². The fraction of sp³-hybridized carbons (Fsp3) is 1.00. The van der Waals surface area contributed by atoms with Crippen LogP contribution in [0, 0.1) is 0 Å². The molecule has 2 unspecified atom stereocenters. The zero-order chi connectivity index (χ0) is 13.4. The molecule has 0 aromatic carbocycles. The first-order valence-corrected chi connectivity index (χ1v) is 10.2. The predicted octanol–water partition coefficient (Wildman–Crippen LogP) is 2.46. The summed E-state index contributed by atoms with van der Waals surface area (Å²) in [6.07, 6.45) is 13.7. The van der Waals surface area contributed by atoms with Gasteiger partial charge in [0.15, 0.2) is 0 Å². The molecule has 2 rings (SSSR count). The fourth-order valence-corrected chi connectivity index (χ4v) is 4.29. The Hall–Kier alpha value is 0.260. The molecule has 0 aromatic heterocycles. The van der Waals surface area contributed by atoms with E-state index in [1.54, 1.807) is 6.26 Å². The molecule has 1 saturated heterocycles. The summed E-state index contributed by atoms with van der Waals surface area (Å²) in [6, 6.07) is 0. The molecule has 0 radical (unpaired) electrons. The summed E-state index contributed by atoms with van der Waals surface area (Å²) in [7, 11) is -1.27. The van der Waals surface area contributed by atoms with Crippen molar-refractivity contribution in [2.45, 2.75) is 56.6 Å². The van der Waals surface area contributed by atoms with E-state index in [9.17, 15) is 8.42 Å². The molecule has 18 heavy (non-hydrogen) atoms. The summed E-state index contributed by atoms with van der Waals surface area (Å²) in [5.41, 5.74) is 0. The molecule has 3 nitrogen and oxygen atoms in total. The van der Waals surface area contributed by atoms with Crippen LogP contribution >= 0.6 is 0 Å². The highest BCUT2D eigenvalue weighted by atomic mass is 32.2. The van der Waals surface area contributed by atoms with Gasteiger partial charge in [-0.1, -0.05) is 25.7 Å². The van der Waals surface area contributed by atoms with Crippen LogP contribution in [-0.2, 0) is 21.8 Å². The zero-order valence-corrected chi connectivity index (χ0v) is 13.4. The summed E-state index contributed by atoms with van der Waals surface area (Å²) in [5.74, 6) is 0. The normalized spacial score (nSPS) is 25.9. The highest BCUT2D eigenvalue weighted by Gasteiger charge is 2.15. The topological polar surface area (TPSA) is 37.4 Å². The van der Waals surface area contributed by atoms with Gasteiger partial charge >= 0.3 is 0 Å². The Labute approximate surface area is 117 Å². The maximum Gasteiger partial charge on any atom is 0.0910 e. The first kappa shape index (κ1) is 16.3. The Morgan fingerprint density at radius 2 is 1.33 bits per heavy atom.